The maximum Gasteiger partial charge on any atom is 0.264 e. The standard InChI is InChI=1S/C25H25Cl3N2O4S/c1-17(6-5-15-29-25(32)24(31)18-7-3-2-4-8-18)30(23-16-20(27)11-14-22(23)28)35(33,34)21-12-9-19(26)10-13-21/h2-4,7-14,16-17,24,31H,5-6,15H2,1H3,(H,29,32). The van der Waals surface area contributed by atoms with E-state index in [1.54, 1.807) is 49.4 Å². The molecule has 10 heteroatoms. The second-order valence-electron chi connectivity index (χ2n) is 7.95. The summed E-state index contributed by atoms with van der Waals surface area (Å²) >= 11 is 18.5. The highest BCUT2D eigenvalue weighted by Gasteiger charge is 2.31. The van der Waals surface area contributed by atoms with E-state index in [0.29, 0.717) is 28.5 Å². The van der Waals surface area contributed by atoms with Crippen molar-refractivity contribution in [2.75, 3.05) is 10.8 Å². The molecule has 2 N–H and O–H groups in total. The minimum Gasteiger partial charge on any atom is -0.378 e. The molecule has 0 saturated heterocycles. The summed E-state index contributed by atoms with van der Waals surface area (Å²) in [5.74, 6) is -0.521. The van der Waals surface area contributed by atoms with Crippen LogP contribution in [0.3, 0.4) is 0 Å². The molecule has 3 rings (SSSR count). The fourth-order valence-electron chi connectivity index (χ4n) is 3.59. The number of hydrogen-bond acceptors (Lipinski definition) is 4. The summed E-state index contributed by atoms with van der Waals surface area (Å²) < 4.78 is 28.5. The molecule has 35 heavy (non-hydrogen) atoms. The van der Waals surface area contributed by atoms with Crippen molar-refractivity contribution in [3.05, 3.63) is 93.4 Å². The van der Waals surface area contributed by atoms with Crippen LogP contribution in [-0.4, -0.2) is 32.0 Å². The molecular formula is C25H25Cl3N2O4S. The minimum atomic E-state index is -4.01. The zero-order valence-corrected chi connectivity index (χ0v) is 21.9. The van der Waals surface area contributed by atoms with E-state index in [2.05, 4.69) is 5.32 Å². The first-order valence-electron chi connectivity index (χ1n) is 10.9. The van der Waals surface area contributed by atoms with Crippen molar-refractivity contribution in [2.45, 2.75) is 36.8 Å². The van der Waals surface area contributed by atoms with Crippen molar-refractivity contribution in [3.63, 3.8) is 0 Å². The van der Waals surface area contributed by atoms with Gasteiger partial charge in [0.1, 0.15) is 0 Å². The van der Waals surface area contributed by atoms with Crippen LogP contribution in [0.2, 0.25) is 15.1 Å². The van der Waals surface area contributed by atoms with Crippen LogP contribution in [-0.2, 0) is 14.8 Å². The number of aliphatic hydroxyl groups excluding tert-OH is 1. The van der Waals surface area contributed by atoms with Gasteiger partial charge in [0, 0.05) is 22.6 Å². The number of nitrogens with one attached hydrogen (secondary N) is 1. The first-order chi connectivity index (χ1) is 16.6. The Labute approximate surface area is 220 Å². The van der Waals surface area contributed by atoms with Crippen molar-refractivity contribution >= 4 is 56.4 Å². The highest BCUT2D eigenvalue weighted by Crippen LogP contribution is 2.35. The lowest BCUT2D eigenvalue weighted by molar-refractivity contribution is -0.129. The molecule has 0 fully saturated rings. The Hall–Kier alpha value is -2.29. The number of carbonyl (C=O) groups is 1. The van der Waals surface area contributed by atoms with Gasteiger partial charge >= 0.3 is 0 Å². The molecular weight excluding hydrogens is 531 g/mol. The van der Waals surface area contributed by atoms with Crippen molar-refractivity contribution in [1.29, 1.82) is 0 Å². The monoisotopic (exact) mass is 554 g/mol. The van der Waals surface area contributed by atoms with E-state index in [4.69, 9.17) is 34.8 Å². The molecule has 0 heterocycles. The number of halogens is 3. The predicted molar refractivity (Wildman–Crippen MR) is 141 cm³/mol. The lowest BCUT2D eigenvalue weighted by Crippen LogP contribution is -2.39. The average molecular weight is 556 g/mol. The van der Waals surface area contributed by atoms with Crippen LogP contribution in [0, 0.1) is 0 Å². The van der Waals surface area contributed by atoms with Gasteiger partial charge < -0.3 is 10.4 Å². The molecule has 3 aromatic rings. The van der Waals surface area contributed by atoms with Gasteiger partial charge in [-0.2, -0.15) is 0 Å². The van der Waals surface area contributed by atoms with Crippen molar-refractivity contribution < 1.29 is 18.3 Å². The van der Waals surface area contributed by atoms with Gasteiger partial charge in [-0.15, -0.1) is 0 Å². The molecule has 2 atom stereocenters. The normalized spacial score (nSPS) is 13.2. The summed E-state index contributed by atoms with van der Waals surface area (Å²) in [5.41, 5.74) is 0.749. The number of hydrogen-bond donors (Lipinski definition) is 2. The van der Waals surface area contributed by atoms with Crippen molar-refractivity contribution in [2.24, 2.45) is 0 Å². The maximum atomic E-state index is 13.6. The molecule has 2 unspecified atom stereocenters. The zero-order valence-electron chi connectivity index (χ0n) is 18.9. The molecule has 0 aliphatic heterocycles. The quantitative estimate of drug-likeness (QED) is 0.307. The van der Waals surface area contributed by atoms with Gasteiger partial charge in [-0.1, -0.05) is 65.1 Å². The van der Waals surface area contributed by atoms with E-state index in [-0.39, 0.29) is 22.2 Å². The molecule has 0 aliphatic carbocycles. The Balaban J connectivity index is 1.75. The third-order valence-corrected chi connectivity index (χ3v) is 8.13. The van der Waals surface area contributed by atoms with E-state index in [1.165, 1.54) is 34.6 Å². The third-order valence-electron chi connectivity index (χ3n) is 5.38. The number of rotatable bonds is 10. The zero-order chi connectivity index (χ0) is 25.6. The number of sulfonamides is 1. The predicted octanol–water partition coefficient (Wildman–Crippen LogP) is 5.86. The van der Waals surface area contributed by atoms with Crippen LogP contribution in [0.4, 0.5) is 5.69 Å². The Bertz CT molecular complexity index is 1260. The van der Waals surface area contributed by atoms with E-state index < -0.39 is 28.1 Å². The van der Waals surface area contributed by atoms with Crippen LogP contribution in [0.1, 0.15) is 31.4 Å². The maximum absolute atomic E-state index is 13.6. The minimum absolute atomic E-state index is 0.0593. The molecule has 0 aromatic heterocycles. The van der Waals surface area contributed by atoms with Gasteiger partial charge in [0.05, 0.1) is 15.6 Å². The van der Waals surface area contributed by atoms with Crippen molar-refractivity contribution in [1.82, 2.24) is 5.32 Å². The summed E-state index contributed by atoms with van der Waals surface area (Å²) in [6.07, 6.45) is -0.419. The van der Waals surface area contributed by atoms with E-state index in [0.717, 1.165) is 0 Å². The molecule has 6 nitrogen and oxygen atoms in total. The van der Waals surface area contributed by atoms with Gasteiger partial charge in [-0.25, -0.2) is 8.42 Å². The topological polar surface area (TPSA) is 86.7 Å². The Morgan fingerprint density at radius 1 is 0.971 bits per heavy atom. The summed E-state index contributed by atoms with van der Waals surface area (Å²) in [6.45, 7) is 2.01. The van der Waals surface area contributed by atoms with Crippen LogP contribution in [0.15, 0.2) is 77.7 Å². The van der Waals surface area contributed by atoms with Gasteiger partial charge in [0.15, 0.2) is 6.10 Å². The van der Waals surface area contributed by atoms with Gasteiger partial charge in [-0.3, -0.25) is 9.10 Å². The lowest BCUT2D eigenvalue weighted by Gasteiger charge is -2.31. The molecule has 1 amide bonds. The number of amides is 1. The molecule has 0 aliphatic rings. The van der Waals surface area contributed by atoms with E-state index in [1.807, 2.05) is 0 Å². The Morgan fingerprint density at radius 2 is 1.60 bits per heavy atom. The largest absolute Gasteiger partial charge is 0.378 e. The van der Waals surface area contributed by atoms with Crippen LogP contribution < -0.4 is 9.62 Å². The summed E-state index contributed by atoms with van der Waals surface area (Å²) in [5, 5.41) is 13.9. The fourth-order valence-corrected chi connectivity index (χ4v) is 5.84. The summed E-state index contributed by atoms with van der Waals surface area (Å²) in [7, 11) is -4.01. The molecule has 0 saturated carbocycles. The second kappa shape index (κ2) is 12.1. The average Bonchev–Trinajstić information content (AvgIpc) is 2.84. The summed E-state index contributed by atoms with van der Waals surface area (Å²) in [6, 6.07) is 18.6. The number of benzene rings is 3. The third kappa shape index (κ3) is 6.90. The summed E-state index contributed by atoms with van der Waals surface area (Å²) in [4.78, 5) is 12.3. The SMILES string of the molecule is CC(CCCNC(=O)C(O)c1ccccc1)N(c1cc(Cl)ccc1Cl)S(=O)(=O)c1ccc(Cl)cc1. The first-order valence-corrected chi connectivity index (χ1v) is 13.4. The lowest BCUT2D eigenvalue weighted by atomic mass is 10.1. The van der Waals surface area contributed by atoms with Crippen LogP contribution >= 0.6 is 34.8 Å². The van der Waals surface area contributed by atoms with Gasteiger partial charge in [0.25, 0.3) is 15.9 Å². The van der Waals surface area contributed by atoms with Crippen LogP contribution in [0.5, 0.6) is 0 Å². The van der Waals surface area contributed by atoms with E-state index >= 15 is 0 Å². The molecule has 0 spiro atoms. The number of nitrogens with zero attached hydrogens (tertiary/aromatic N) is 1. The number of anilines is 1. The first kappa shape index (κ1) is 27.3. The second-order valence-corrected chi connectivity index (χ2v) is 11.0. The Morgan fingerprint density at radius 3 is 2.26 bits per heavy atom. The van der Waals surface area contributed by atoms with Gasteiger partial charge in [0.2, 0.25) is 0 Å². The van der Waals surface area contributed by atoms with E-state index in [9.17, 15) is 18.3 Å². The highest BCUT2D eigenvalue weighted by atomic mass is 35.5. The fraction of sp³-hybridized carbons (Fsp3) is 0.240. The molecule has 0 bridgehead atoms. The van der Waals surface area contributed by atoms with Crippen LogP contribution in [0.25, 0.3) is 0 Å². The highest BCUT2D eigenvalue weighted by molar-refractivity contribution is 7.92. The van der Waals surface area contributed by atoms with Crippen molar-refractivity contribution in [3.8, 4) is 0 Å². The number of aliphatic hydroxyl groups is 1. The molecule has 186 valence electrons. The molecule has 0 radical (unpaired) electrons. The smallest absolute Gasteiger partial charge is 0.264 e. The number of carbonyl (C=O) groups excluding carboxylic acids is 1. The molecule has 3 aromatic carbocycles. The van der Waals surface area contributed by atoms with Gasteiger partial charge in [-0.05, 0) is 67.8 Å². The Kier molecular flexibility index (Phi) is 9.44.